The standard InChI is InChI=1S/C16H15ClOS/c1-10-4-6-15(11(2)8-10)19-16-7-5-13(12(3)18)9-14(16)17/h4-9H,1-3H3. The van der Waals surface area contributed by atoms with Gasteiger partial charge in [-0.3, -0.25) is 4.79 Å². The number of carbonyl (C=O) groups excluding carboxylic acids is 1. The summed E-state index contributed by atoms with van der Waals surface area (Å²) in [5, 5.41) is 0.623. The van der Waals surface area contributed by atoms with Crippen molar-refractivity contribution in [1.29, 1.82) is 0 Å². The Balaban J connectivity index is 2.31. The maximum atomic E-state index is 11.3. The fraction of sp³-hybridized carbons (Fsp3) is 0.188. The third-order valence-corrected chi connectivity index (χ3v) is 4.57. The summed E-state index contributed by atoms with van der Waals surface area (Å²) in [6.07, 6.45) is 0. The highest BCUT2D eigenvalue weighted by atomic mass is 35.5. The number of Topliss-reactive ketones (excluding diaryl/α,β-unsaturated/α-hetero) is 1. The Morgan fingerprint density at radius 1 is 1.05 bits per heavy atom. The predicted molar refractivity (Wildman–Crippen MR) is 81.5 cm³/mol. The van der Waals surface area contributed by atoms with Crippen LogP contribution in [-0.4, -0.2) is 5.78 Å². The summed E-state index contributed by atoms with van der Waals surface area (Å²) in [5.74, 6) is 0.0324. The fourth-order valence-corrected chi connectivity index (χ4v) is 3.02. The summed E-state index contributed by atoms with van der Waals surface area (Å²) < 4.78 is 0. The van der Waals surface area contributed by atoms with Crippen molar-refractivity contribution in [2.45, 2.75) is 30.6 Å². The molecule has 0 amide bonds. The highest BCUT2D eigenvalue weighted by molar-refractivity contribution is 7.99. The maximum absolute atomic E-state index is 11.3. The number of ketones is 1. The lowest BCUT2D eigenvalue weighted by Crippen LogP contribution is -1.91. The monoisotopic (exact) mass is 290 g/mol. The first-order valence-electron chi connectivity index (χ1n) is 6.03. The van der Waals surface area contributed by atoms with Gasteiger partial charge in [-0.05, 0) is 44.5 Å². The Morgan fingerprint density at radius 3 is 2.32 bits per heavy atom. The molecule has 0 atom stereocenters. The fourth-order valence-electron chi connectivity index (χ4n) is 1.83. The van der Waals surface area contributed by atoms with Crippen LogP contribution in [0.5, 0.6) is 0 Å². The van der Waals surface area contributed by atoms with Crippen LogP contribution in [0.15, 0.2) is 46.2 Å². The van der Waals surface area contributed by atoms with Gasteiger partial charge in [-0.25, -0.2) is 0 Å². The second kappa shape index (κ2) is 5.81. The molecule has 0 bridgehead atoms. The van der Waals surface area contributed by atoms with Gasteiger partial charge in [-0.15, -0.1) is 0 Å². The minimum absolute atomic E-state index is 0.0324. The van der Waals surface area contributed by atoms with Crippen LogP contribution in [0, 0.1) is 13.8 Å². The van der Waals surface area contributed by atoms with Gasteiger partial charge in [-0.2, -0.15) is 0 Å². The Bertz CT molecular complexity index is 635. The number of aryl methyl sites for hydroxylation is 2. The zero-order chi connectivity index (χ0) is 14.0. The van der Waals surface area contributed by atoms with Gasteiger partial charge in [0, 0.05) is 15.4 Å². The molecule has 0 aliphatic rings. The van der Waals surface area contributed by atoms with E-state index in [0.29, 0.717) is 10.6 Å². The van der Waals surface area contributed by atoms with Crippen LogP contribution >= 0.6 is 23.4 Å². The number of halogens is 1. The summed E-state index contributed by atoms with van der Waals surface area (Å²) in [4.78, 5) is 13.4. The largest absolute Gasteiger partial charge is 0.295 e. The van der Waals surface area contributed by atoms with E-state index in [9.17, 15) is 4.79 Å². The topological polar surface area (TPSA) is 17.1 Å². The first kappa shape index (κ1) is 14.2. The summed E-state index contributed by atoms with van der Waals surface area (Å²) in [6, 6.07) is 11.8. The van der Waals surface area contributed by atoms with Crippen molar-refractivity contribution >= 4 is 29.1 Å². The van der Waals surface area contributed by atoms with Gasteiger partial charge in [0.25, 0.3) is 0 Å². The summed E-state index contributed by atoms with van der Waals surface area (Å²) in [7, 11) is 0. The Labute approximate surface area is 123 Å². The molecule has 0 heterocycles. The Morgan fingerprint density at radius 2 is 1.74 bits per heavy atom. The normalized spacial score (nSPS) is 10.5. The van der Waals surface area contributed by atoms with Gasteiger partial charge >= 0.3 is 0 Å². The van der Waals surface area contributed by atoms with Crippen LogP contribution in [0.4, 0.5) is 0 Å². The van der Waals surface area contributed by atoms with Crippen LogP contribution in [-0.2, 0) is 0 Å². The van der Waals surface area contributed by atoms with Crippen molar-refractivity contribution < 1.29 is 4.79 Å². The molecule has 0 radical (unpaired) electrons. The third kappa shape index (κ3) is 3.40. The van der Waals surface area contributed by atoms with Gasteiger partial charge in [0.2, 0.25) is 0 Å². The molecule has 0 fully saturated rings. The molecule has 19 heavy (non-hydrogen) atoms. The van der Waals surface area contributed by atoms with E-state index >= 15 is 0 Å². The first-order chi connectivity index (χ1) is 8.97. The molecular weight excluding hydrogens is 276 g/mol. The lowest BCUT2D eigenvalue weighted by Gasteiger charge is -2.08. The molecular formula is C16H15ClOS. The van der Waals surface area contributed by atoms with E-state index in [2.05, 4.69) is 32.0 Å². The molecule has 0 spiro atoms. The second-order valence-corrected chi connectivity index (χ2v) is 6.06. The van der Waals surface area contributed by atoms with Gasteiger partial charge < -0.3 is 0 Å². The van der Waals surface area contributed by atoms with Crippen molar-refractivity contribution in [3.05, 3.63) is 58.1 Å². The van der Waals surface area contributed by atoms with Crippen molar-refractivity contribution in [1.82, 2.24) is 0 Å². The molecule has 98 valence electrons. The number of benzene rings is 2. The Hall–Kier alpha value is -1.25. The molecule has 2 aromatic rings. The third-order valence-electron chi connectivity index (χ3n) is 2.89. The minimum Gasteiger partial charge on any atom is -0.295 e. The number of hydrogen-bond donors (Lipinski definition) is 0. The van der Waals surface area contributed by atoms with Crippen molar-refractivity contribution in [2.75, 3.05) is 0 Å². The highest BCUT2D eigenvalue weighted by Crippen LogP contribution is 2.35. The van der Waals surface area contributed by atoms with E-state index in [4.69, 9.17) is 11.6 Å². The van der Waals surface area contributed by atoms with E-state index in [1.807, 2.05) is 12.1 Å². The average Bonchev–Trinajstić information content (AvgIpc) is 2.34. The lowest BCUT2D eigenvalue weighted by molar-refractivity contribution is 0.101. The zero-order valence-electron chi connectivity index (χ0n) is 11.2. The summed E-state index contributed by atoms with van der Waals surface area (Å²) in [5.41, 5.74) is 3.13. The van der Waals surface area contributed by atoms with Crippen molar-refractivity contribution in [3.63, 3.8) is 0 Å². The molecule has 0 saturated carbocycles. The molecule has 1 nitrogen and oxygen atoms in total. The quantitative estimate of drug-likeness (QED) is 0.713. The van der Waals surface area contributed by atoms with Crippen LogP contribution in [0.25, 0.3) is 0 Å². The SMILES string of the molecule is CC(=O)c1ccc(Sc2ccc(C)cc2C)c(Cl)c1. The van der Waals surface area contributed by atoms with Crippen LogP contribution < -0.4 is 0 Å². The van der Waals surface area contributed by atoms with Crippen LogP contribution in [0.2, 0.25) is 5.02 Å². The number of hydrogen-bond acceptors (Lipinski definition) is 2. The van der Waals surface area contributed by atoms with Crippen LogP contribution in [0.1, 0.15) is 28.4 Å². The van der Waals surface area contributed by atoms with E-state index in [1.54, 1.807) is 24.8 Å². The minimum atomic E-state index is 0.0324. The average molecular weight is 291 g/mol. The Kier molecular flexibility index (Phi) is 4.33. The lowest BCUT2D eigenvalue weighted by atomic mass is 10.1. The predicted octanol–water partition coefficient (Wildman–Crippen LogP) is 5.31. The molecule has 2 aromatic carbocycles. The molecule has 0 aromatic heterocycles. The molecule has 0 unspecified atom stereocenters. The van der Waals surface area contributed by atoms with Gasteiger partial charge in [0.1, 0.15) is 0 Å². The first-order valence-corrected chi connectivity index (χ1v) is 7.22. The van der Waals surface area contributed by atoms with Gasteiger partial charge in [-0.1, -0.05) is 47.1 Å². The molecule has 3 heteroatoms. The molecule has 0 aliphatic carbocycles. The van der Waals surface area contributed by atoms with Gasteiger partial charge in [0.05, 0.1) is 5.02 Å². The van der Waals surface area contributed by atoms with Gasteiger partial charge in [0.15, 0.2) is 5.78 Å². The number of carbonyl (C=O) groups is 1. The summed E-state index contributed by atoms with van der Waals surface area (Å²) >= 11 is 7.86. The highest BCUT2D eigenvalue weighted by Gasteiger charge is 2.08. The summed E-state index contributed by atoms with van der Waals surface area (Å²) in [6.45, 7) is 5.71. The van der Waals surface area contributed by atoms with E-state index in [-0.39, 0.29) is 5.78 Å². The maximum Gasteiger partial charge on any atom is 0.159 e. The van der Waals surface area contributed by atoms with E-state index in [1.165, 1.54) is 16.0 Å². The van der Waals surface area contributed by atoms with Crippen molar-refractivity contribution in [3.8, 4) is 0 Å². The molecule has 0 N–H and O–H groups in total. The molecule has 0 aliphatic heterocycles. The van der Waals surface area contributed by atoms with E-state index < -0.39 is 0 Å². The van der Waals surface area contributed by atoms with Crippen LogP contribution in [0.3, 0.4) is 0 Å². The van der Waals surface area contributed by atoms with E-state index in [0.717, 1.165) is 4.90 Å². The zero-order valence-corrected chi connectivity index (χ0v) is 12.7. The smallest absolute Gasteiger partial charge is 0.159 e. The number of rotatable bonds is 3. The van der Waals surface area contributed by atoms with Crippen molar-refractivity contribution in [2.24, 2.45) is 0 Å². The molecule has 2 rings (SSSR count). The molecule has 0 saturated heterocycles. The second-order valence-electron chi connectivity index (χ2n) is 4.57.